The summed E-state index contributed by atoms with van der Waals surface area (Å²) in [6.45, 7) is 6.77. The van der Waals surface area contributed by atoms with Crippen LogP contribution in [0.3, 0.4) is 0 Å². The molecule has 3 heteroatoms. The summed E-state index contributed by atoms with van der Waals surface area (Å²) >= 11 is 6.06. The maximum absolute atomic E-state index is 6.06. The fourth-order valence-electron chi connectivity index (χ4n) is 3.00. The monoisotopic (exact) mass is 314 g/mol. The van der Waals surface area contributed by atoms with Gasteiger partial charge in [-0.15, -0.1) is 0 Å². The predicted octanol–water partition coefficient (Wildman–Crippen LogP) is 3.70. The molecule has 0 amide bonds. The van der Waals surface area contributed by atoms with Gasteiger partial charge in [-0.25, -0.2) is 0 Å². The molecule has 1 aliphatic rings. The van der Waals surface area contributed by atoms with E-state index in [-0.39, 0.29) is 0 Å². The van der Waals surface area contributed by atoms with Crippen molar-refractivity contribution < 1.29 is 0 Å². The van der Waals surface area contributed by atoms with Crippen molar-refractivity contribution in [3.05, 3.63) is 70.7 Å². The smallest absolute Gasteiger partial charge is 0.0409 e. The number of hydrogen-bond acceptors (Lipinski definition) is 2. The largest absolute Gasteiger partial charge is 0.300 e. The summed E-state index contributed by atoms with van der Waals surface area (Å²) in [7, 11) is 0. The summed E-state index contributed by atoms with van der Waals surface area (Å²) in [6, 6.07) is 19.0. The lowest BCUT2D eigenvalue weighted by molar-refractivity contribution is 0.128. The van der Waals surface area contributed by atoms with Gasteiger partial charge in [0.15, 0.2) is 0 Å². The Hall–Kier alpha value is -1.35. The lowest BCUT2D eigenvalue weighted by Crippen LogP contribution is -2.46. The molecule has 2 aromatic rings. The molecular formula is C19H23ClN2. The molecule has 0 spiro atoms. The normalized spacial score (nSPS) is 16.8. The van der Waals surface area contributed by atoms with E-state index in [1.165, 1.54) is 11.1 Å². The van der Waals surface area contributed by atoms with Crippen LogP contribution in [0.5, 0.6) is 0 Å². The van der Waals surface area contributed by atoms with E-state index in [0.717, 1.165) is 50.7 Å². The molecule has 1 fully saturated rings. The van der Waals surface area contributed by atoms with E-state index >= 15 is 0 Å². The van der Waals surface area contributed by atoms with Crippen LogP contribution in [0.25, 0.3) is 0 Å². The second-order valence-electron chi connectivity index (χ2n) is 5.98. The first-order chi connectivity index (χ1) is 10.8. The molecule has 116 valence electrons. The average Bonchev–Trinajstić information content (AvgIpc) is 2.55. The van der Waals surface area contributed by atoms with Gasteiger partial charge in [0.1, 0.15) is 0 Å². The van der Waals surface area contributed by atoms with E-state index in [9.17, 15) is 0 Å². The highest BCUT2D eigenvalue weighted by atomic mass is 35.5. The van der Waals surface area contributed by atoms with Crippen LogP contribution in [0.15, 0.2) is 54.6 Å². The summed E-state index contributed by atoms with van der Waals surface area (Å²) in [5.41, 5.74) is 2.74. The van der Waals surface area contributed by atoms with E-state index in [2.05, 4.69) is 52.3 Å². The number of piperazine rings is 1. The van der Waals surface area contributed by atoms with Crippen molar-refractivity contribution in [2.45, 2.75) is 13.0 Å². The standard InChI is InChI=1S/C19H23ClN2/c20-19-8-4-7-18(15-19)16-22-13-11-21(12-14-22)10-9-17-5-2-1-3-6-17/h1-8,15H,9-14,16H2. The number of hydrogen-bond donors (Lipinski definition) is 0. The Balaban J connectivity index is 1.42. The van der Waals surface area contributed by atoms with Crippen molar-refractivity contribution in [1.82, 2.24) is 9.80 Å². The third-order valence-electron chi connectivity index (χ3n) is 4.32. The van der Waals surface area contributed by atoms with Crippen LogP contribution in [0.4, 0.5) is 0 Å². The zero-order chi connectivity index (χ0) is 15.2. The third-order valence-corrected chi connectivity index (χ3v) is 4.55. The van der Waals surface area contributed by atoms with Gasteiger partial charge >= 0.3 is 0 Å². The Morgan fingerprint density at radius 2 is 1.45 bits per heavy atom. The quantitative estimate of drug-likeness (QED) is 0.830. The average molecular weight is 315 g/mol. The molecule has 2 aromatic carbocycles. The highest BCUT2D eigenvalue weighted by molar-refractivity contribution is 6.30. The Kier molecular flexibility index (Phi) is 5.49. The maximum Gasteiger partial charge on any atom is 0.0409 e. The molecule has 3 rings (SSSR count). The van der Waals surface area contributed by atoms with E-state index < -0.39 is 0 Å². The summed E-state index contributed by atoms with van der Waals surface area (Å²) < 4.78 is 0. The minimum absolute atomic E-state index is 0.832. The van der Waals surface area contributed by atoms with Gasteiger partial charge in [-0.3, -0.25) is 4.90 Å². The minimum Gasteiger partial charge on any atom is -0.300 e. The lowest BCUT2D eigenvalue weighted by atomic mass is 10.1. The van der Waals surface area contributed by atoms with Crippen LogP contribution < -0.4 is 0 Å². The van der Waals surface area contributed by atoms with Crippen molar-refractivity contribution in [2.24, 2.45) is 0 Å². The fourth-order valence-corrected chi connectivity index (χ4v) is 3.21. The van der Waals surface area contributed by atoms with Crippen molar-refractivity contribution in [3.8, 4) is 0 Å². The fraction of sp³-hybridized carbons (Fsp3) is 0.368. The Bertz CT molecular complexity index is 577. The van der Waals surface area contributed by atoms with Crippen molar-refractivity contribution in [3.63, 3.8) is 0 Å². The highest BCUT2D eigenvalue weighted by Gasteiger charge is 2.16. The molecule has 0 aromatic heterocycles. The predicted molar refractivity (Wildman–Crippen MR) is 93.3 cm³/mol. The second kappa shape index (κ2) is 7.77. The SMILES string of the molecule is Clc1cccc(CN2CCN(CCc3ccccc3)CC2)c1. The van der Waals surface area contributed by atoms with E-state index in [1.807, 2.05) is 12.1 Å². The van der Waals surface area contributed by atoms with Gasteiger partial charge in [0.2, 0.25) is 0 Å². The van der Waals surface area contributed by atoms with Crippen LogP contribution >= 0.6 is 11.6 Å². The van der Waals surface area contributed by atoms with Gasteiger partial charge in [-0.2, -0.15) is 0 Å². The Morgan fingerprint density at radius 3 is 2.18 bits per heavy atom. The van der Waals surface area contributed by atoms with Crippen molar-refractivity contribution in [1.29, 1.82) is 0 Å². The van der Waals surface area contributed by atoms with Crippen LogP contribution in [-0.4, -0.2) is 42.5 Å². The first-order valence-corrected chi connectivity index (χ1v) is 8.40. The van der Waals surface area contributed by atoms with E-state index in [4.69, 9.17) is 11.6 Å². The topological polar surface area (TPSA) is 6.48 Å². The number of halogens is 1. The van der Waals surface area contributed by atoms with E-state index in [1.54, 1.807) is 0 Å². The molecule has 22 heavy (non-hydrogen) atoms. The second-order valence-corrected chi connectivity index (χ2v) is 6.42. The highest BCUT2D eigenvalue weighted by Crippen LogP contribution is 2.14. The van der Waals surface area contributed by atoms with Crippen LogP contribution in [0, 0.1) is 0 Å². The van der Waals surface area contributed by atoms with Crippen LogP contribution in [0.2, 0.25) is 5.02 Å². The minimum atomic E-state index is 0.832. The van der Waals surface area contributed by atoms with Gasteiger partial charge in [0, 0.05) is 44.3 Å². The summed E-state index contributed by atoms with van der Waals surface area (Å²) in [4.78, 5) is 5.09. The van der Waals surface area contributed by atoms with Crippen LogP contribution in [-0.2, 0) is 13.0 Å². The molecule has 0 radical (unpaired) electrons. The molecule has 0 unspecified atom stereocenters. The molecule has 1 saturated heterocycles. The van der Waals surface area contributed by atoms with Crippen LogP contribution in [0.1, 0.15) is 11.1 Å². The third kappa shape index (κ3) is 4.57. The summed E-state index contributed by atoms with van der Waals surface area (Å²) in [5.74, 6) is 0. The zero-order valence-electron chi connectivity index (χ0n) is 12.9. The number of rotatable bonds is 5. The molecule has 1 heterocycles. The molecule has 0 saturated carbocycles. The molecule has 0 N–H and O–H groups in total. The first-order valence-electron chi connectivity index (χ1n) is 8.03. The number of benzene rings is 2. The summed E-state index contributed by atoms with van der Waals surface area (Å²) in [6.07, 6.45) is 1.15. The lowest BCUT2D eigenvalue weighted by Gasteiger charge is -2.34. The first kappa shape index (κ1) is 15.5. The maximum atomic E-state index is 6.06. The van der Waals surface area contributed by atoms with Gasteiger partial charge < -0.3 is 4.90 Å². The van der Waals surface area contributed by atoms with Gasteiger partial charge in [-0.1, -0.05) is 54.1 Å². The summed E-state index contributed by atoms with van der Waals surface area (Å²) in [5, 5.41) is 0.832. The Labute approximate surface area is 138 Å². The Morgan fingerprint density at radius 1 is 0.773 bits per heavy atom. The van der Waals surface area contributed by atoms with Crippen molar-refractivity contribution in [2.75, 3.05) is 32.7 Å². The molecular weight excluding hydrogens is 292 g/mol. The molecule has 0 bridgehead atoms. The van der Waals surface area contributed by atoms with Gasteiger partial charge in [-0.05, 0) is 29.7 Å². The molecule has 0 aliphatic carbocycles. The number of nitrogens with zero attached hydrogens (tertiary/aromatic N) is 2. The zero-order valence-corrected chi connectivity index (χ0v) is 13.7. The molecule has 0 atom stereocenters. The van der Waals surface area contributed by atoms with Gasteiger partial charge in [0.05, 0.1) is 0 Å². The van der Waals surface area contributed by atoms with Crippen molar-refractivity contribution >= 4 is 11.6 Å². The molecule has 2 nitrogen and oxygen atoms in total. The molecule has 1 aliphatic heterocycles. The van der Waals surface area contributed by atoms with Gasteiger partial charge in [0.25, 0.3) is 0 Å². The van der Waals surface area contributed by atoms with E-state index in [0.29, 0.717) is 0 Å².